The predicted molar refractivity (Wildman–Crippen MR) is 70.0 cm³/mol. The van der Waals surface area contributed by atoms with Crippen molar-refractivity contribution >= 4 is 23.0 Å². The van der Waals surface area contributed by atoms with Gasteiger partial charge in [-0.1, -0.05) is 0 Å². The molecule has 0 aliphatic heterocycles. The summed E-state index contributed by atoms with van der Waals surface area (Å²) in [7, 11) is 0. The van der Waals surface area contributed by atoms with Gasteiger partial charge in [0.25, 0.3) is 0 Å². The molecule has 3 N–H and O–H groups in total. The second kappa shape index (κ2) is 4.57. The zero-order chi connectivity index (χ0) is 14.1. The van der Waals surface area contributed by atoms with E-state index in [1.807, 2.05) is 0 Å². The highest BCUT2D eigenvalue weighted by atomic mass is 16.4. The summed E-state index contributed by atoms with van der Waals surface area (Å²) in [5.74, 6) is -0.680. The number of aromatic nitrogens is 5. The molecule has 3 aromatic heterocycles. The van der Waals surface area contributed by atoms with Crippen molar-refractivity contribution in [2.75, 3.05) is 5.73 Å². The van der Waals surface area contributed by atoms with Crippen LogP contribution in [0.15, 0.2) is 31.0 Å². The van der Waals surface area contributed by atoms with E-state index in [1.54, 1.807) is 17.0 Å². The molecule has 0 bridgehead atoms. The van der Waals surface area contributed by atoms with E-state index in [0.29, 0.717) is 29.2 Å². The van der Waals surface area contributed by atoms with Crippen LogP contribution in [0.5, 0.6) is 0 Å². The first-order valence-electron chi connectivity index (χ1n) is 5.74. The summed E-state index contributed by atoms with van der Waals surface area (Å²) in [6.07, 6.45) is 4.29. The molecule has 0 aliphatic rings. The lowest BCUT2D eigenvalue weighted by molar-refractivity contribution is 0.0696. The topological polar surface area (TPSA) is 120 Å². The van der Waals surface area contributed by atoms with Crippen LogP contribution in [0.25, 0.3) is 11.2 Å². The Balaban J connectivity index is 1.93. The molecular weight excluding hydrogens is 260 g/mol. The molecule has 3 aromatic rings. The lowest BCUT2D eigenvalue weighted by atomic mass is 10.2. The van der Waals surface area contributed by atoms with Gasteiger partial charge >= 0.3 is 5.97 Å². The van der Waals surface area contributed by atoms with E-state index >= 15 is 0 Å². The zero-order valence-corrected chi connectivity index (χ0v) is 10.3. The third kappa shape index (κ3) is 2.03. The molecular formula is C12H10N6O2. The number of nitrogens with two attached hydrogens (primary N) is 1. The maximum Gasteiger partial charge on any atom is 0.337 e. The van der Waals surface area contributed by atoms with Gasteiger partial charge in [0.1, 0.15) is 11.8 Å². The molecule has 0 saturated heterocycles. The summed E-state index contributed by atoms with van der Waals surface area (Å²) in [6.45, 7) is 0.423. The molecule has 0 aliphatic carbocycles. The summed E-state index contributed by atoms with van der Waals surface area (Å²) in [5, 5.41) is 8.82. The van der Waals surface area contributed by atoms with Crippen LogP contribution in [-0.4, -0.2) is 35.6 Å². The molecule has 0 fully saturated rings. The van der Waals surface area contributed by atoms with Crippen LogP contribution in [0, 0.1) is 0 Å². The Morgan fingerprint density at radius 2 is 2.10 bits per heavy atom. The molecule has 0 unspecified atom stereocenters. The first-order valence-corrected chi connectivity index (χ1v) is 5.74. The maximum absolute atomic E-state index is 10.8. The van der Waals surface area contributed by atoms with E-state index in [2.05, 4.69) is 19.9 Å². The number of carbonyl (C=O) groups is 1. The summed E-state index contributed by atoms with van der Waals surface area (Å²) < 4.78 is 1.77. The molecule has 0 spiro atoms. The molecule has 3 heterocycles. The summed E-state index contributed by atoms with van der Waals surface area (Å²) in [6, 6.07) is 3.16. The van der Waals surface area contributed by atoms with E-state index in [9.17, 15) is 4.79 Å². The second-order valence-electron chi connectivity index (χ2n) is 4.15. The summed E-state index contributed by atoms with van der Waals surface area (Å²) in [4.78, 5) is 27.0. The Kier molecular flexibility index (Phi) is 2.75. The highest BCUT2D eigenvalue weighted by Crippen LogP contribution is 2.15. The Hall–Kier alpha value is -3.03. The zero-order valence-electron chi connectivity index (χ0n) is 10.3. The highest BCUT2D eigenvalue weighted by Gasteiger charge is 2.09. The SMILES string of the molecule is Nc1ncnc2c1ncn2Cc1ccc(C(=O)O)cn1. The van der Waals surface area contributed by atoms with Gasteiger partial charge in [0.05, 0.1) is 24.1 Å². The number of nitrogen functional groups attached to an aromatic ring is 1. The van der Waals surface area contributed by atoms with Crippen molar-refractivity contribution in [3.05, 3.63) is 42.2 Å². The number of pyridine rings is 1. The van der Waals surface area contributed by atoms with Crippen molar-refractivity contribution in [2.45, 2.75) is 6.54 Å². The first kappa shape index (κ1) is 12.0. The molecule has 0 radical (unpaired) electrons. The van der Waals surface area contributed by atoms with Crippen molar-refractivity contribution in [2.24, 2.45) is 0 Å². The lowest BCUT2D eigenvalue weighted by Crippen LogP contribution is -2.04. The Labute approximate surface area is 112 Å². The highest BCUT2D eigenvalue weighted by molar-refractivity contribution is 5.87. The molecule has 0 aromatic carbocycles. The fourth-order valence-electron chi connectivity index (χ4n) is 1.83. The average molecular weight is 270 g/mol. The fourth-order valence-corrected chi connectivity index (χ4v) is 1.83. The summed E-state index contributed by atoms with van der Waals surface area (Å²) in [5.41, 5.74) is 7.71. The number of imidazole rings is 1. The Morgan fingerprint density at radius 3 is 2.80 bits per heavy atom. The normalized spacial score (nSPS) is 10.8. The Morgan fingerprint density at radius 1 is 1.25 bits per heavy atom. The van der Waals surface area contributed by atoms with Crippen molar-refractivity contribution in [3.8, 4) is 0 Å². The van der Waals surface area contributed by atoms with Crippen LogP contribution in [0.1, 0.15) is 16.1 Å². The van der Waals surface area contributed by atoms with E-state index in [-0.39, 0.29) is 5.56 Å². The second-order valence-corrected chi connectivity index (χ2v) is 4.15. The number of carboxylic acids is 1. The van der Waals surface area contributed by atoms with Gasteiger partial charge in [-0.25, -0.2) is 19.7 Å². The third-order valence-electron chi connectivity index (χ3n) is 2.83. The molecule has 20 heavy (non-hydrogen) atoms. The van der Waals surface area contributed by atoms with Crippen LogP contribution in [0.3, 0.4) is 0 Å². The minimum absolute atomic E-state index is 0.149. The van der Waals surface area contributed by atoms with Gasteiger partial charge in [-0.05, 0) is 12.1 Å². The average Bonchev–Trinajstić information content (AvgIpc) is 2.84. The largest absolute Gasteiger partial charge is 0.478 e. The molecule has 0 saturated carbocycles. The van der Waals surface area contributed by atoms with Crippen molar-refractivity contribution < 1.29 is 9.90 Å². The van der Waals surface area contributed by atoms with Crippen LogP contribution in [0.2, 0.25) is 0 Å². The molecule has 8 nitrogen and oxygen atoms in total. The van der Waals surface area contributed by atoms with Crippen LogP contribution >= 0.6 is 0 Å². The standard InChI is InChI=1S/C12H10N6O2/c13-10-9-11(16-5-15-10)18(6-17-9)4-8-2-1-7(3-14-8)12(19)20/h1-3,5-6H,4H2,(H,19,20)(H2,13,15,16). The third-order valence-corrected chi connectivity index (χ3v) is 2.83. The van der Waals surface area contributed by atoms with Gasteiger partial charge in [0.15, 0.2) is 11.5 Å². The number of rotatable bonds is 3. The minimum atomic E-state index is -1.00. The van der Waals surface area contributed by atoms with E-state index < -0.39 is 5.97 Å². The molecule has 8 heteroatoms. The van der Waals surface area contributed by atoms with Gasteiger partial charge in [-0.15, -0.1) is 0 Å². The summed E-state index contributed by atoms with van der Waals surface area (Å²) >= 11 is 0. The van der Waals surface area contributed by atoms with Crippen molar-refractivity contribution in [3.63, 3.8) is 0 Å². The smallest absolute Gasteiger partial charge is 0.337 e. The molecule has 100 valence electrons. The lowest BCUT2D eigenvalue weighted by Gasteiger charge is -2.03. The van der Waals surface area contributed by atoms with Crippen molar-refractivity contribution in [1.29, 1.82) is 0 Å². The number of hydrogen-bond donors (Lipinski definition) is 2. The first-order chi connectivity index (χ1) is 9.65. The van der Waals surface area contributed by atoms with Gasteiger partial charge in [0.2, 0.25) is 0 Å². The maximum atomic E-state index is 10.8. The number of fused-ring (bicyclic) bond motifs is 1. The molecule has 0 amide bonds. The van der Waals surface area contributed by atoms with Crippen LogP contribution < -0.4 is 5.73 Å². The van der Waals surface area contributed by atoms with Gasteiger partial charge in [-0.2, -0.15) is 0 Å². The predicted octanol–water partition coefficient (Wildman–Crippen LogP) is 0.550. The monoisotopic (exact) mass is 270 g/mol. The Bertz CT molecular complexity index is 780. The number of carboxylic acid groups (broad SMARTS) is 1. The van der Waals surface area contributed by atoms with Crippen LogP contribution in [-0.2, 0) is 6.54 Å². The van der Waals surface area contributed by atoms with Crippen LogP contribution in [0.4, 0.5) is 5.82 Å². The molecule has 0 atom stereocenters. The number of anilines is 1. The quantitative estimate of drug-likeness (QED) is 0.713. The number of aromatic carboxylic acids is 1. The fraction of sp³-hybridized carbons (Fsp3) is 0.0833. The van der Waals surface area contributed by atoms with E-state index in [0.717, 1.165) is 0 Å². The van der Waals surface area contributed by atoms with Crippen molar-refractivity contribution in [1.82, 2.24) is 24.5 Å². The molecule has 3 rings (SSSR count). The number of nitrogens with zero attached hydrogens (tertiary/aromatic N) is 5. The van der Waals surface area contributed by atoms with Gasteiger partial charge in [-0.3, -0.25) is 4.98 Å². The minimum Gasteiger partial charge on any atom is -0.478 e. The van der Waals surface area contributed by atoms with E-state index in [4.69, 9.17) is 10.8 Å². The van der Waals surface area contributed by atoms with Gasteiger partial charge < -0.3 is 15.4 Å². The van der Waals surface area contributed by atoms with Gasteiger partial charge in [0, 0.05) is 6.20 Å². The van der Waals surface area contributed by atoms with E-state index in [1.165, 1.54) is 18.6 Å². The number of hydrogen-bond acceptors (Lipinski definition) is 6.